The number of anilines is 3. The summed E-state index contributed by atoms with van der Waals surface area (Å²) in [5.74, 6) is 1.11. The molecule has 0 amide bonds. The molecular formula is C47H42N4. The Labute approximate surface area is 302 Å². The fourth-order valence-corrected chi connectivity index (χ4v) is 6.00. The van der Waals surface area contributed by atoms with Gasteiger partial charge in [0.05, 0.1) is 6.54 Å². The molecule has 0 unspecified atom stereocenters. The average Bonchev–Trinajstić information content (AvgIpc) is 3.18. The van der Waals surface area contributed by atoms with Gasteiger partial charge in [-0.15, -0.1) is 0 Å². The van der Waals surface area contributed by atoms with Gasteiger partial charge in [-0.1, -0.05) is 134 Å². The lowest BCUT2D eigenvalue weighted by molar-refractivity contribution is 1.06. The molecule has 0 atom stereocenters. The van der Waals surface area contributed by atoms with Gasteiger partial charge in [0.15, 0.2) is 11.7 Å². The zero-order chi connectivity index (χ0) is 35.3. The van der Waals surface area contributed by atoms with Crippen molar-refractivity contribution >= 4 is 41.0 Å². The van der Waals surface area contributed by atoms with E-state index in [1.807, 2.05) is 62.4 Å². The number of fused-ring (bicyclic) bond motifs is 7. The summed E-state index contributed by atoms with van der Waals surface area (Å²) in [6.45, 7) is 8.47. The molecule has 0 saturated carbocycles. The van der Waals surface area contributed by atoms with Crippen LogP contribution in [-0.2, 0) is 6.54 Å². The number of hydrogen-bond acceptors (Lipinski definition) is 3. The molecule has 0 aliphatic carbocycles. The number of nitrogens with zero attached hydrogens (tertiary/aromatic N) is 4. The molecule has 6 rings (SSSR count). The Morgan fingerprint density at radius 3 is 1.94 bits per heavy atom. The van der Waals surface area contributed by atoms with E-state index in [0.29, 0.717) is 24.6 Å². The lowest BCUT2D eigenvalue weighted by Gasteiger charge is -2.26. The van der Waals surface area contributed by atoms with Gasteiger partial charge in [-0.3, -0.25) is 4.99 Å². The zero-order valence-corrected chi connectivity index (χ0v) is 29.2. The van der Waals surface area contributed by atoms with Crippen molar-refractivity contribution in [2.45, 2.75) is 26.8 Å². The summed E-state index contributed by atoms with van der Waals surface area (Å²) < 4.78 is 0. The van der Waals surface area contributed by atoms with Crippen molar-refractivity contribution in [2.24, 2.45) is 15.0 Å². The Morgan fingerprint density at radius 2 is 1.24 bits per heavy atom. The molecule has 51 heavy (non-hydrogen) atoms. The number of aliphatic imine (C=N–C) groups is 3. The summed E-state index contributed by atoms with van der Waals surface area (Å²) in [6, 6.07) is 46.5. The third-order valence-electron chi connectivity index (χ3n) is 8.56. The third kappa shape index (κ3) is 8.80. The summed E-state index contributed by atoms with van der Waals surface area (Å²) in [7, 11) is 0. The SMILES string of the molecule is C=NC1=NC(=NCc2ccccc2)/C(=C/C)C=C(C/C=C/C=C\C=C/C)c2cccc(c2)N(c2ccccc2)c2cccc(c2)-c2cccc1c2. The van der Waals surface area contributed by atoms with Crippen molar-refractivity contribution in [1.29, 1.82) is 0 Å². The first-order valence-electron chi connectivity index (χ1n) is 17.3. The molecule has 0 saturated heterocycles. The van der Waals surface area contributed by atoms with E-state index in [-0.39, 0.29) is 0 Å². The first kappa shape index (κ1) is 34.5. The Kier molecular flexibility index (Phi) is 11.7. The number of rotatable bonds is 7. The molecule has 0 spiro atoms. The van der Waals surface area contributed by atoms with E-state index < -0.39 is 0 Å². The first-order valence-corrected chi connectivity index (χ1v) is 17.3. The summed E-state index contributed by atoms with van der Waals surface area (Å²) in [4.78, 5) is 17.0. The Balaban J connectivity index is 1.60. The van der Waals surface area contributed by atoms with Gasteiger partial charge in [0, 0.05) is 28.2 Å². The number of allylic oxidation sites excluding steroid dienone is 8. The molecule has 0 radical (unpaired) electrons. The van der Waals surface area contributed by atoms with Crippen LogP contribution in [0, 0.1) is 0 Å². The van der Waals surface area contributed by atoms with Crippen LogP contribution in [0.3, 0.4) is 0 Å². The van der Waals surface area contributed by atoms with Gasteiger partial charge in [-0.25, -0.2) is 9.98 Å². The first-order chi connectivity index (χ1) is 25.2. The molecule has 1 aliphatic rings. The van der Waals surface area contributed by atoms with Crippen LogP contribution in [0.5, 0.6) is 0 Å². The van der Waals surface area contributed by atoms with Crippen LogP contribution in [0.1, 0.15) is 37.0 Å². The quantitative estimate of drug-likeness (QED) is 0.126. The molecule has 5 aromatic carbocycles. The molecule has 1 heterocycles. The van der Waals surface area contributed by atoms with E-state index >= 15 is 0 Å². The third-order valence-corrected chi connectivity index (χ3v) is 8.56. The van der Waals surface area contributed by atoms with E-state index in [4.69, 9.17) is 9.98 Å². The zero-order valence-electron chi connectivity index (χ0n) is 29.2. The van der Waals surface area contributed by atoms with Gasteiger partial charge in [0.2, 0.25) is 0 Å². The predicted molar refractivity (Wildman–Crippen MR) is 220 cm³/mol. The van der Waals surface area contributed by atoms with Gasteiger partial charge in [0.25, 0.3) is 0 Å². The standard InChI is InChI=1S/C47H42N4/c1-4-6-7-8-9-14-22-38-31-37(5-2)47(49-35-36-20-12-10-13-21-36)50-46(48-3)42-26-17-23-39(32-42)41-25-19-30-45(34-41)51(43-27-15-11-16-28-43)44-29-18-24-40(38)33-44/h4-21,23-34H,3,22,35H2,1-2H3/b6-4-,8-7-,14-9+,37-5+,38-31?,49-47?,50-46?. The normalized spacial score (nSPS) is 15.1. The van der Waals surface area contributed by atoms with Crippen LogP contribution in [-0.4, -0.2) is 18.4 Å². The molecule has 0 fully saturated rings. The smallest absolute Gasteiger partial charge is 0.161 e. The number of para-hydroxylation sites is 1. The second-order valence-corrected chi connectivity index (χ2v) is 12.0. The highest BCUT2D eigenvalue weighted by molar-refractivity contribution is 6.14. The molecule has 4 nitrogen and oxygen atoms in total. The monoisotopic (exact) mass is 662 g/mol. The van der Waals surface area contributed by atoms with E-state index in [1.54, 1.807) is 0 Å². The second-order valence-electron chi connectivity index (χ2n) is 12.0. The predicted octanol–water partition coefficient (Wildman–Crippen LogP) is 12.3. The van der Waals surface area contributed by atoms with Crippen molar-refractivity contribution in [3.05, 3.63) is 204 Å². The van der Waals surface area contributed by atoms with E-state index in [2.05, 4.69) is 150 Å². The fraction of sp³-hybridized carbons (Fsp3) is 0.0851. The van der Waals surface area contributed by atoms with Crippen molar-refractivity contribution in [3.63, 3.8) is 0 Å². The largest absolute Gasteiger partial charge is 0.310 e. The minimum absolute atomic E-state index is 0.481. The lowest BCUT2D eigenvalue weighted by Crippen LogP contribution is -2.10. The number of amidine groups is 2. The Bertz CT molecular complexity index is 2180. The van der Waals surface area contributed by atoms with E-state index in [9.17, 15) is 0 Å². The van der Waals surface area contributed by atoms with Gasteiger partial charge in [-0.2, -0.15) is 0 Å². The Hall–Kier alpha value is -6.39. The molecular weight excluding hydrogens is 621 g/mol. The minimum Gasteiger partial charge on any atom is -0.310 e. The maximum atomic E-state index is 5.12. The van der Waals surface area contributed by atoms with Crippen molar-refractivity contribution < 1.29 is 0 Å². The lowest BCUT2D eigenvalue weighted by atomic mass is 9.97. The molecule has 6 bridgehead atoms. The van der Waals surface area contributed by atoms with Crippen LogP contribution in [0.15, 0.2) is 203 Å². The van der Waals surface area contributed by atoms with Crippen LogP contribution >= 0.6 is 0 Å². The number of hydrogen-bond donors (Lipinski definition) is 0. The molecule has 5 aromatic rings. The molecule has 0 aromatic heterocycles. The molecule has 1 aliphatic heterocycles. The van der Waals surface area contributed by atoms with Crippen molar-refractivity contribution in [3.8, 4) is 11.1 Å². The summed E-state index contributed by atoms with van der Waals surface area (Å²) in [6.07, 6.45) is 17.4. The molecule has 4 heteroatoms. The van der Waals surface area contributed by atoms with Crippen LogP contribution in [0.4, 0.5) is 17.1 Å². The van der Waals surface area contributed by atoms with Gasteiger partial charge >= 0.3 is 0 Å². The van der Waals surface area contributed by atoms with Crippen molar-refractivity contribution in [1.82, 2.24) is 0 Å². The maximum absolute atomic E-state index is 5.12. The summed E-state index contributed by atoms with van der Waals surface area (Å²) in [5, 5.41) is 0. The number of benzene rings is 5. The highest BCUT2D eigenvalue weighted by Crippen LogP contribution is 2.38. The molecule has 0 N–H and O–H groups in total. The van der Waals surface area contributed by atoms with E-state index in [1.165, 1.54) is 0 Å². The Morgan fingerprint density at radius 1 is 0.627 bits per heavy atom. The van der Waals surface area contributed by atoms with Crippen LogP contribution in [0.25, 0.3) is 16.7 Å². The van der Waals surface area contributed by atoms with Crippen LogP contribution in [0.2, 0.25) is 0 Å². The topological polar surface area (TPSA) is 40.3 Å². The summed E-state index contributed by atoms with van der Waals surface area (Å²) >= 11 is 0. The fourth-order valence-electron chi connectivity index (χ4n) is 6.00. The van der Waals surface area contributed by atoms with Crippen molar-refractivity contribution in [2.75, 3.05) is 4.90 Å². The summed E-state index contributed by atoms with van der Waals surface area (Å²) in [5.41, 5.74) is 10.5. The average molecular weight is 663 g/mol. The highest BCUT2D eigenvalue weighted by Gasteiger charge is 2.17. The van der Waals surface area contributed by atoms with Gasteiger partial charge < -0.3 is 4.90 Å². The van der Waals surface area contributed by atoms with Crippen LogP contribution < -0.4 is 4.90 Å². The minimum atomic E-state index is 0.481. The second kappa shape index (κ2) is 17.3. The maximum Gasteiger partial charge on any atom is 0.161 e. The molecule has 250 valence electrons. The van der Waals surface area contributed by atoms with Gasteiger partial charge in [-0.05, 0) is 103 Å². The highest BCUT2D eigenvalue weighted by atomic mass is 15.1. The van der Waals surface area contributed by atoms with Gasteiger partial charge in [0.1, 0.15) is 0 Å². The van der Waals surface area contributed by atoms with E-state index in [0.717, 1.165) is 56.0 Å².